The standard InChI is InChI=1S/C18H25FN2O/c1-12-11-21(18(22)14-7-8-14)10-9-17(12)20-13(2)15-5-3-4-6-16(15)19/h3-6,12-14,17,20H,7-11H2,1-2H3. The van der Waals surface area contributed by atoms with Crippen molar-refractivity contribution in [1.82, 2.24) is 10.2 Å². The van der Waals surface area contributed by atoms with Gasteiger partial charge in [0.1, 0.15) is 5.82 Å². The van der Waals surface area contributed by atoms with Crippen molar-refractivity contribution in [3.63, 3.8) is 0 Å². The van der Waals surface area contributed by atoms with Gasteiger partial charge in [-0.05, 0) is 38.2 Å². The van der Waals surface area contributed by atoms with E-state index in [1.807, 2.05) is 24.0 Å². The predicted molar refractivity (Wildman–Crippen MR) is 84.8 cm³/mol. The second kappa shape index (κ2) is 6.37. The van der Waals surface area contributed by atoms with Crippen LogP contribution in [0.15, 0.2) is 24.3 Å². The summed E-state index contributed by atoms with van der Waals surface area (Å²) in [5.74, 6) is 0.878. The molecular weight excluding hydrogens is 279 g/mol. The maximum atomic E-state index is 13.9. The van der Waals surface area contributed by atoms with Crippen LogP contribution in [0, 0.1) is 17.7 Å². The molecule has 4 heteroatoms. The summed E-state index contributed by atoms with van der Waals surface area (Å²) in [6.07, 6.45) is 3.07. The number of hydrogen-bond acceptors (Lipinski definition) is 2. The van der Waals surface area contributed by atoms with E-state index in [1.54, 1.807) is 6.07 Å². The molecule has 1 saturated carbocycles. The number of amides is 1. The van der Waals surface area contributed by atoms with E-state index in [1.165, 1.54) is 6.07 Å². The van der Waals surface area contributed by atoms with Gasteiger partial charge in [0.25, 0.3) is 0 Å². The highest BCUT2D eigenvalue weighted by Gasteiger charge is 2.37. The van der Waals surface area contributed by atoms with Crippen LogP contribution >= 0.6 is 0 Å². The number of halogens is 1. The lowest BCUT2D eigenvalue weighted by atomic mass is 9.92. The van der Waals surface area contributed by atoms with Crippen LogP contribution in [-0.2, 0) is 4.79 Å². The first-order valence-electron chi connectivity index (χ1n) is 8.35. The minimum Gasteiger partial charge on any atom is -0.342 e. The van der Waals surface area contributed by atoms with E-state index in [4.69, 9.17) is 0 Å². The summed E-state index contributed by atoms with van der Waals surface area (Å²) in [6.45, 7) is 5.82. The molecule has 3 unspecified atom stereocenters. The largest absolute Gasteiger partial charge is 0.342 e. The van der Waals surface area contributed by atoms with Crippen LogP contribution in [0.4, 0.5) is 4.39 Å². The average molecular weight is 304 g/mol. The molecule has 0 radical (unpaired) electrons. The highest BCUT2D eigenvalue weighted by molar-refractivity contribution is 5.81. The van der Waals surface area contributed by atoms with Gasteiger partial charge in [-0.15, -0.1) is 0 Å². The monoisotopic (exact) mass is 304 g/mol. The molecule has 2 fully saturated rings. The molecule has 0 bridgehead atoms. The Morgan fingerprint density at radius 2 is 2.05 bits per heavy atom. The number of nitrogens with one attached hydrogen (secondary N) is 1. The van der Waals surface area contributed by atoms with Crippen LogP contribution in [-0.4, -0.2) is 29.9 Å². The van der Waals surface area contributed by atoms with Crippen molar-refractivity contribution in [3.05, 3.63) is 35.6 Å². The second-order valence-electron chi connectivity index (χ2n) is 6.84. The van der Waals surface area contributed by atoms with Gasteiger partial charge < -0.3 is 10.2 Å². The van der Waals surface area contributed by atoms with Crippen LogP contribution in [0.25, 0.3) is 0 Å². The Balaban J connectivity index is 1.57. The number of likely N-dealkylation sites (tertiary alicyclic amines) is 1. The van der Waals surface area contributed by atoms with Crippen molar-refractivity contribution in [1.29, 1.82) is 0 Å². The van der Waals surface area contributed by atoms with E-state index < -0.39 is 0 Å². The Bertz CT molecular complexity index is 544. The number of carbonyl (C=O) groups is 1. The number of piperidine rings is 1. The SMILES string of the molecule is CC(NC1CCN(C(=O)C2CC2)CC1C)c1ccccc1F. The predicted octanol–water partition coefficient (Wildman–Crippen LogP) is 3.12. The smallest absolute Gasteiger partial charge is 0.225 e. The first-order valence-corrected chi connectivity index (χ1v) is 8.35. The maximum absolute atomic E-state index is 13.9. The summed E-state index contributed by atoms with van der Waals surface area (Å²) < 4.78 is 13.9. The Hall–Kier alpha value is -1.42. The van der Waals surface area contributed by atoms with Gasteiger partial charge in [-0.1, -0.05) is 25.1 Å². The third-order valence-corrected chi connectivity index (χ3v) is 4.98. The zero-order valence-corrected chi connectivity index (χ0v) is 13.4. The van der Waals surface area contributed by atoms with Crippen molar-refractivity contribution >= 4 is 5.91 Å². The van der Waals surface area contributed by atoms with E-state index in [-0.39, 0.29) is 11.9 Å². The Morgan fingerprint density at radius 3 is 2.68 bits per heavy atom. The molecule has 1 saturated heterocycles. The summed E-state index contributed by atoms with van der Waals surface area (Å²) in [7, 11) is 0. The molecule has 120 valence electrons. The Morgan fingerprint density at radius 1 is 1.32 bits per heavy atom. The maximum Gasteiger partial charge on any atom is 0.225 e. The first kappa shape index (κ1) is 15.5. The number of rotatable bonds is 4. The summed E-state index contributed by atoms with van der Waals surface area (Å²) in [5, 5.41) is 3.55. The van der Waals surface area contributed by atoms with Gasteiger partial charge in [-0.25, -0.2) is 4.39 Å². The zero-order chi connectivity index (χ0) is 15.7. The van der Waals surface area contributed by atoms with Crippen molar-refractivity contribution < 1.29 is 9.18 Å². The minimum atomic E-state index is -0.156. The quantitative estimate of drug-likeness (QED) is 0.927. The normalized spacial score (nSPS) is 26.8. The summed E-state index contributed by atoms with van der Waals surface area (Å²) in [4.78, 5) is 14.2. The van der Waals surface area contributed by atoms with Gasteiger partial charge in [0.15, 0.2) is 0 Å². The number of nitrogens with zero attached hydrogens (tertiary/aromatic N) is 1. The second-order valence-corrected chi connectivity index (χ2v) is 6.84. The van der Waals surface area contributed by atoms with Gasteiger partial charge in [0.2, 0.25) is 5.91 Å². The van der Waals surface area contributed by atoms with Gasteiger partial charge in [-0.2, -0.15) is 0 Å². The van der Waals surface area contributed by atoms with Crippen molar-refractivity contribution in [3.8, 4) is 0 Å². The lowest BCUT2D eigenvalue weighted by molar-refractivity contribution is -0.134. The summed E-state index contributed by atoms with van der Waals surface area (Å²) in [5.41, 5.74) is 0.714. The number of benzene rings is 1. The third kappa shape index (κ3) is 3.32. The van der Waals surface area contributed by atoms with E-state index in [0.29, 0.717) is 29.3 Å². The van der Waals surface area contributed by atoms with Crippen molar-refractivity contribution in [2.45, 2.75) is 45.2 Å². The molecule has 2 aliphatic rings. The molecule has 22 heavy (non-hydrogen) atoms. The molecule has 3 nitrogen and oxygen atoms in total. The van der Waals surface area contributed by atoms with Gasteiger partial charge in [-0.3, -0.25) is 4.79 Å². The van der Waals surface area contributed by atoms with E-state index in [9.17, 15) is 9.18 Å². The fourth-order valence-corrected chi connectivity index (χ4v) is 3.42. The van der Waals surface area contributed by atoms with Crippen molar-refractivity contribution in [2.75, 3.05) is 13.1 Å². The topological polar surface area (TPSA) is 32.3 Å². The van der Waals surface area contributed by atoms with Crippen LogP contribution in [0.5, 0.6) is 0 Å². The lowest BCUT2D eigenvalue weighted by Crippen LogP contribution is -2.51. The molecule has 1 aliphatic carbocycles. The highest BCUT2D eigenvalue weighted by atomic mass is 19.1. The molecular formula is C18H25FN2O. The molecule has 3 atom stereocenters. The molecule has 3 rings (SSSR count). The van der Waals surface area contributed by atoms with Gasteiger partial charge >= 0.3 is 0 Å². The molecule has 1 amide bonds. The molecule has 1 aromatic rings. The number of carbonyl (C=O) groups excluding carboxylic acids is 1. The first-order chi connectivity index (χ1) is 10.6. The lowest BCUT2D eigenvalue weighted by Gasteiger charge is -2.39. The molecule has 1 aliphatic heterocycles. The fraction of sp³-hybridized carbons (Fsp3) is 0.611. The van der Waals surface area contributed by atoms with Gasteiger partial charge in [0.05, 0.1) is 0 Å². The third-order valence-electron chi connectivity index (χ3n) is 4.98. The molecule has 1 aromatic carbocycles. The minimum absolute atomic E-state index is 0.0145. The molecule has 1 heterocycles. The Labute approximate surface area is 131 Å². The van der Waals surface area contributed by atoms with Crippen LogP contribution < -0.4 is 5.32 Å². The fourth-order valence-electron chi connectivity index (χ4n) is 3.42. The number of hydrogen-bond donors (Lipinski definition) is 1. The Kier molecular flexibility index (Phi) is 4.48. The zero-order valence-electron chi connectivity index (χ0n) is 13.4. The van der Waals surface area contributed by atoms with Crippen LogP contribution in [0.3, 0.4) is 0 Å². The van der Waals surface area contributed by atoms with E-state index in [2.05, 4.69) is 12.2 Å². The summed E-state index contributed by atoms with van der Waals surface area (Å²) in [6, 6.07) is 7.25. The molecule has 0 spiro atoms. The van der Waals surface area contributed by atoms with Crippen LogP contribution in [0.2, 0.25) is 0 Å². The molecule has 1 N–H and O–H groups in total. The summed E-state index contributed by atoms with van der Waals surface area (Å²) >= 11 is 0. The van der Waals surface area contributed by atoms with Crippen molar-refractivity contribution in [2.24, 2.45) is 11.8 Å². The average Bonchev–Trinajstić information content (AvgIpc) is 3.33. The highest BCUT2D eigenvalue weighted by Crippen LogP contribution is 2.32. The molecule has 0 aromatic heterocycles. The van der Waals surface area contributed by atoms with E-state index in [0.717, 1.165) is 32.4 Å². The van der Waals surface area contributed by atoms with E-state index >= 15 is 0 Å². The van der Waals surface area contributed by atoms with Gasteiger partial charge in [0, 0.05) is 36.7 Å². The van der Waals surface area contributed by atoms with Crippen LogP contribution in [0.1, 0.15) is 44.7 Å².